The van der Waals surface area contributed by atoms with Gasteiger partial charge in [-0.3, -0.25) is 14.4 Å². The number of hydrogen-bond acceptors (Lipinski definition) is 7. The summed E-state index contributed by atoms with van der Waals surface area (Å²) >= 11 is 0. The molecule has 0 spiro atoms. The highest BCUT2D eigenvalue weighted by Crippen LogP contribution is 2.34. The fraction of sp³-hybridized carbons (Fsp3) is 0.500. The summed E-state index contributed by atoms with van der Waals surface area (Å²) in [4.78, 5) is 41.9. The molecule has 0 aliphatic carbocycles. The van der Waals surface area contributed by atoms with E-state index >= 15 is 0 Å². The van der Waals surface area contributed by atoms with Crippen LogP contribution in [-0.4, -0.2) is 75.4 Å². The first-order valence-electron chi connectivity index (χ1n) is 14.5. The highest BCUT2D eigenvalue weighted by molar-refractivity contribution is 7.89. The molecule has 0 aromatic heterocycles. The molecule has 3 amide bonds. The third-order valence-electron chi connectivity index (χ3n) is 8.20. The van der Waals surface area contributed by atoms with Gasteiger partial charge in [0.2, 0.25) is 27.7 Å². The first-order valence-corrected chi connectivity index (χ1v) is 16.0. The molecule has 228 valence electrons. The van der Waals surface area contributed by atoms with Crippen LogP contribution in [0.15, 0.2) is 59.5 Å². The minimum absolute atomic E-state index is 0.0471. The van der Waals surface area contributed by atoms with Gasteiger partial charge in [0.15, 0.2) is 0 Å². The number of methoxy groups -OCH3 is 1. The Hall–Kier alpha value is -3.48. The van der Waals surface area contributed by atoms with Crippen molar-refractivity contribution in [3.63, 3.8) is 0 Å². The zero-order valence-electron chi connectivity index (χ0n) is 24.1. The number of benzene rings is 2. The lowest BCUT2D eigenvalue weighted by molar-refractivity contribution is -0.143. The second-order valence-electron chi connectivity index (χ2n) is 10.9. The normalized spacial score (nSPS) is 23.0. The molecule has 0 bridgehead atoms. The number of ether oxygens (including phenoxy) is 1. The Labute approximate surface area is 247 Å². The van der Waals surface area contributed by atoms with E-state index in [1.165, 1.54) is 12.1 Å². The van der Waals surface area contributed by atoms with E-state index in [-0.39, 0.29) is 29.3 Å². The van der Waals surface area contributed by atoms with Gasteiger partial charge >= 0.3 is 0 Å². The molecule has 4 rings (SSSR count). The third-order valence-corrected chi connectivity index (χ3v) is 9.64. The van der Waals surface area contributed by atoms with Gasteiger partial charge in [0, 0.05) is 25.0 Å². The summed E-state index contributed by atoms with van der Waals surface area (Å²) in [5, 5.41) is 5.77. The van der Waals surface area contributed by atoms with E-state index < -0.39 is 40.0 Å². The van der Waals surface area contributed by atoms with Crippen molar-refractivity contribution in [3.8, 4) is 5.75 Å². The molecule has 5 N–H and O–H groups in total. The number of fused-ring (bicyclic) bond motifs is 1. The van der Waals surface area contributed by atoms with E-state index in [1.807, 2.05) is 24.3 Å². The van der Waals surface area contributed by atoms with E-state index in [4.69, 9.17) is 10.5 Å². The van der Waals surface area contributed by atoms with Crippen LogP contribution < -0.4 is 25.8 Å². The van der Waals surface area contributed by atoms with Crippen molar-refractivity contribution in [2.75, 3.05) is 20.2 Å². The van der Waals surface area contributed by atoms with Gasteiger partial charge in [-0.15, -0.1) is 0 Å². The fourth-order valence-corrected chi connectivity index (χ4v) is 6.79. The van der Waals surface area contributed by atoms with E-state index in [0.717, 1.165) is 11.3 Å². The van der Waals surface area contributed by atoms with Crippen LogP contribution in [0.3, 0.4) is 0 Å². The predicted octanol–water partition coefficient (Wildman–Crippen LogP) is 1.32. The average molecular weight is 600 g/mol. The fourth-order valence-electron chi connectivity index (χ4n) is 5.68. The monoisotopic (exact) mass is 599 g/mol. The first kappa shape index (κ1) is 31.5. The number of nitrogens with two attached hydrogens (primary N) is 1. The zero-order valence-corrected chi connectivity index (χ0v) is 24.9. The number of nitrogens with zero attached hydrogens (tertiary/aromatic N) is 1. The molecule has 11 nitrogen and oxygen atoms in total. The minimum Gasteiger partial charge on any atom is -0.497 e. The van der Waals surface area contributed by atoms with Gasteiger partial charge in [-0.05, 0) is 68.4 Å². The quantitative estimate of drug-likeness (QED) is 0.286. The molecule has 2 fully saturated rings. The molecule has 0 radical (unpaired) electrons. The van der Waals surface area contributed by atoms with Crippen LogP contribution in [0.25, 0.3) is 0 Å². The van der Waals surface area contributed by atoms with Gasteiger partial charge in [-0.1, -0.05) is 37.3 Å². The maximum absolute atomic E-state index is 14.1. The molecule has 2 saturated heterocycles. The SMILES string of the molecule is CC[C@H](N)C(=O)N[C@@H]1C(=O)N2C(CC[C@@H]1CNS(=O)(=O)c1ccccc1)CC[C@H]2C(=O)NCCc1ccc(OC)cc1. The maximum atomic E-state index is 14.1. The molecule has 1 unspecified atom stereocenters. The largest absolute Gasteiger partial charge is 0.497 e. The molecule has 12 heteroatoms. The van der Waals surface area contributed by atoms with Crippen LogP contribution in [0.4, 0.5) is 0 Å². The van der Waals surface area contributed by atoms with Crippen molar-refractivity contribution in [1.29, 1.82) is 0 Å². The predicted molar refractivity (Wildman–Crippen MR) is 158 cm³/mol. The first-order chi connectivity index (χ1) is 20.1. The smallest absolute Gasteiger partial charge is 0.246 e. The minimum atomic E-state index is -3.83. The Bertz CT molecular complexity index is 1340. The Kier molecular flexibility index (Phi) is 10.6. The number of sulfonamides is 1. The standard InChI is InChI=1S/C30H41N5O6S/c1-3-25(31)28(36)34-27-21(19-33-42(39,40)24-7-5-4-6-8-24)11-12-22-13-16-26(35(22)30(27)38)29(37)32-18-17-20-9-14-23(41-2)15-10-20/h4-10,14-15,21-22,25-27,33H,3,11-13,16-19,31H2,1-2H3,(H,32,37)(H,34,36)/t21-,22?,25+,26+,27+/m1/s1. The Morgan fingerprint density at radius 3 is 2.40 bits per heavy atom. The summed E-state index contributed by atoms with van der Waals surface area (Å²) in [7, 11) is -2.22. The highest BCUT2D eigenvalue weighted by Gasteiger charge is 2.47. The number of hydrogen-bond donors (Lipinski definition) is 4. The summed E-state index contributed by atoms with van der Waals surface area (Å²) < 4.78 is 33.7. The maximum Gasteiger partial charge on any atom is 0.246 e. The molecular weight excluding hydrogens is 558 g/mol. The van der Waals surface area contributed by atoms with Crippen molar-refractivity contribution < 1.29 is 27.5 Å². The van der Waals surface area contributed by atoms with E-state index in [2.05, 4.69) is 15.4 Å². The van der Waals surface area contributed by atoms with Gasteiger partial charge < -0.3 is 26.0 Å². The zero-order chi connectivity index (χ0) is 30.3. The topological polar surface area (TPSA) is 160 Å². The van der Waals surface area contributed by atoms with Gasteiger partial charge in [-0.25, -0.2) is 13.1 Å². The van der Waals surface area contributed by atoms with Crippen LogP contribution in [-0.2, 0) is 30.8 Å². The van der Waals surface area contributed by atoms with Crippen molar-refractivity contribution in [3.05, 3.63) is 60.2 Å². The van der Waals surface area contributed by atoms with Crippen molar-refractivity contribution in [2.24, 2.45) is 11.7 Å². The molecule has 42 heavy (non-hydrogen) atoms. The molecule has 2 aliphatic heterocycles. The van der Waals surface area contributed by atoms with Crippen LogP contribution >= 0.6 is 0 Å². The van der Waals surface area contributed by atoms with Gasteiger partial charge in [-0.2, -0.15) is 0 Å². The number of rotatable bonds is 12. The molecule has 2 heterocycles. The summed E-state index contributed by atoms with van der Waals surface area (Å²) in [5.41, 5.74) is 7.01. The second-order valence-corrected chi connectivity index (χ2v) is 12.7. The van der Waals surface area contributed by atoms with Crippen molar-refractivity contribution in [2.45, 2.75) is 74.5 Å². The lowest BCUT2D eigenvalue weighted by Crippen LogP contribution is -2.59. The second kappa shape index (κ2) is 14.1. The van der Waals surface area contributed by atoms with E-state index in [1.54, 1.807) is 37.1 Å². The Balaban J connectivity index is 1.47. The Morgan fingerprint density at radius 1 is 1.05 bits per heavy atom. The van der Waals surface area contributed by atoms with E-state index in [0.29, 0.717) is 45.1 Å². The molecular formula is C30H41N5O6S. The van der Waals surface area contributed by atoms with E-state index in [9.17, 15) is 22.8 Å². The van der Waals surface area contributed by atoms with Crippen molar-refractivity contribution >= 4 is 27.7 Å². The number of carbonyl (C=O) groups is 3. The van der Waals surface area contributed by atoms with Crippen LogP contribution in [0.5, 0.6) is 5.75 Å². The molecule has 5 atom stereocenters. The lowest BCUT2D eigenvalue weighted by atomic mass is 9.93. The molecule has 2 aromatic carbocycles. The number of carbonyl (C=O) groups excluding carboxylic acids is 3. The summed E-state index contributed by atoms with van der Waals surface area (Å²) in [6.07, 6.45) is 3.25. The van der Waals surface area contributed by atoms with Crippen LogP contribution in [0.2, 0.25) is 0 Å². The lowest BCUT2D eigenvalue weighted by Gasteiger charge is -2.32. The highest BCUT2D eigenvalue weighted by atomic mass is 32.2. The van der Waals surface area contributed by atoms with Crippen LogP contribution in [0.1, 0.15) is 44.6 Å². The van der Waals surface area contributed by atoms with Crippen LogP contribution in [0, 0.1) is 5.92 Å². The summed E-state index contributed by atoms with van der Waals surface area (Å²) in [6, 6.07) is 12.9. The molecule has 0 saturated carbocycles. The van der Waals surface area contributed by atoms with Gasteiger partial charge in [0.05, 0.1) is 18.0 Å². The Morgan fingerprint density at radius 2 is 1.74 bits per heavy atom. The van der Waals surface area contributed by atoms with Crippen molar-refractivity contribution in [1.82, 2.24) is 20.3 Å². The summed E-state index contributed by atoms with van der Waals surface area (Å²) in [5.74, 6) is -0.866. The molecule has 2 aliphatic rings. The number of amides is 3. The van der Waals surface area contributed by atoms with Gasteiger partial charge in [0.1, 0.15) is 17.8 Å². The molecule has 2 aromatic rings. The van der Waals surface area contributed by atoms with Gasteiger partial charge in [0.25, 0.3) is 0 Å². The summed E-state index contributed by atoms with van der Waals surface area (Å²) in [6.45, 7) is 2.13. The average Bonchev–Trinajstić information content (AvgIpc) is 3.39. The number of nitrogens with one attached hydrogen (secondary N) is 3. The third kappa shape index (κ3) is 7.47.